The number of carbonyl (C=O) groups excluding carboxylic acids is 1. The maximum atomic E-state index is 10.9. The van der Waals surface area contributed by atoms with Gasteiger partial charge in [-0.05, 0) is 12.1 Å². The van der Waals surface area contributed by atoms with Crippen molar-refractivity contribution in [3.05, 3.63) is 28.5 Å². The van der Waals surface area contributed by atoms with Gasteiger partial charge in [-0.15, -0.1) is 0 Å². The Bertz CT molecular complexity index is 376. The largest absolute Gasteiger partial charge is 0.478 e. The highest BCUT2D eigenvalue weighted by molar-refractivity contribution is 6.29. The van der Waals surface area contributed by atoms with E-state index in [1.807, 2.05) is 0 Å². The molecular formula is C8H6ClNO3. The van der Waals surface area contributed by atoms with Gasteiger partial charge < -0.3 is 5.11 Å². The van der Waals surface area contributed by atoms with E-state index in [0.29, 0.717) is 0 Å². The standard InChI is InChI=1S/C8H6ClNO3/c1-4(11)7-5(8(12)13)2-3-6(9)10-7/h2-3H,1H3,(H,12,13). The Morgan fingerprint density at radius 3 is 2.54 bits per heavy atom. The highest BCUT2D eigenvalue weighted by atomic mass is 35.5. The van der Waals surface area contributed by atoms with Crippen LogP contribution in [0.15, 0.2) is 12.1 Å². The molecule has 0 amide bonds. The number of halogens is 1. The minimum Gasteiger partial charge on any atom is -0.478 e. The first-order chi connectivity index (χ1) is 6.02. The molecule has 0 bridgehead atoms. The Hall–Kier alpha value is -1.42. The van der Waals surface area contributed by atoms with E-state index in [4.69, 9.17) is 16.7 Å². The molecule has 0 aliphatic rings. The molecule has 0 atom stereocenters. The fraction of sp³-hybridized carbons (Fsp3) is 0.125. The van der Waals surface area contributed by atoms with Gasteiger partial charge >= 0.3 is 5.97 Å². The zero-order valence-electron chi connectivity index (χ0n) is 6.74. The summed E-state index contributed by atoms with van der Waals surface area (Å²) in [5.41, 5.74) is -0.239. The summed E-state index contributed by atoms with van der Waals surface area (Å²) in [4.78, 5) is 25.2. The number of carboxylic acid groups (broad SMARTS) is 1. The molecule has 0 radical (unpaired) electrons. The van der Waals surface area contributed by atoms with Crippen molar-refractivity contribution in [2.75, 3.05) is 0 Å². The Morgan fingerprint density at radius 2 is 2.08 bits per heavy atom. The molecule has 1 N–H and O–H groups in total. The van der Waals surface area contributed by atoms with Crippen LogP contribution < -0.4 is 0 Å². The number of aromatic carboxylic acids is 1. The lowest BCUT2D eigenvalue weighted by atomic mass is 10.1. The van der Waals surface area contributed by atoms with E-state index in [-0.39, 0.29) is 16.4 Å². The average molecular weight is 200 g/mol. The molecule has 0 fully saturated rings. The van der Waals surface area contributed by atoms with Crippen LogP contribution in [0.5, 0.6) is 0 Å². The lowest BCUT2D eigenvalue weighted by Gasteiger charge is -2.00. The third kappa shape index (κ3) is 2.03. The number of nitrogens with zero attached hydrogens (tertiary/aromatic N) is 1. The van der Waals surface area contributed by atoms with Crippen molar-refractivity contribution < 1.29 is 14.7 Å². The number of hydrogen-bond acceptors (Lipinski definition) is 3. The molecule has 13 heavy (non-hydrogen) atoms. The highest BCUT2D eigenvalue weighted by Crippen LogP contribution is 2.12. The molecule has 0 aliphatic heterocycles. The van der Waals surface area contributed by atoms with E-state index in [2.05, 4.69) is 4.98 Å². The molecule has 5 heteroatoms. The summed E-state index contributed by atoms with van der Waals surface area (Å²) in [5, 5.41) is 8.78. The van der Waals surface area contributed by atoms with Crippen LogP contribution in [-0.2, 0) is 0 Å². The molecule has 0 unspecified atom stereocenters. The molecule has 68 valence electrons. The zero-order valence-corrected chi connectivity index (χ0v) is 7.50. The monoisotopic (exact) mass is 199 g/mol. The van der Waals surface area contributed by atoms with Crippen molar-refractivity contribution in [3.63, 3.8) is 0 Å². The molecule has 0 aliphatic carbocycles. The van der Waals surface area contributed by atoms with E-state index in [1.54, 1.807) is 0 Å². The van der Waals surface area contributed by atoms with Gasteiger partial charge in [0.1, 0.15) is 10.8 Å². The number of rotatable bonds is 2. The number of hydrogen-bond donors (Lipinski definition) is 1. The topological polar surface area (TPSA) is 67.3 Å². The summed E-state index contributed by atoms with van der Waals surface area (Å²) in [7, 11) is 0. The summed E-state index contributed by atoms with van der Waals surface area (Å²) in [5.74, 6) is -1.60. The Balaban J connectivity index is 3.35. The summed E-state index contributed by atoms with van der Waals surface area (Å²) >= 11 is 5.51. The van der Waals surface area contributed by atoms with E-state index in [1.165, 1.54) is 19.1 Å². The van der Waals surface area contributed by atoms with Crippen LogP contribution in [-0.4, -0.2) is 21.8 Å². The van der Waals surface area contributed by atoms with Crippen molar-refractivity contribution in [2.45, 2.75) is 6.92 Å². The Kier molecular flexibility index (Phi) is 2.63. The number of carbonyl (C=O) groups is 2. The second-order valence-corrected chi connectivity index (χ2v) is 2.78. The van der Waals surface area contributed by atoms with Gasteiger partial charge in [-0.3, -0.25) is 4.79 Å². The number of aromatic nitrogens is 1. The van der Waals surface area contributed by atoms with Gasteiger partial charge in [0.05, 0.1) is 5.56 Å². The lowest BCUT2D eigenvalue weighted by molar-refractivity contribution is 0.0691. The van der Waals surface area contributed by atoms with Crippen LogP contribution in [0.4, 0.5) is 0 Å². The number of Topliss-reactive ketones (excluding diaryl/α,β-unsaturated/α-hetero) is 1. The van der Waals surface area contributed by atoms with E-state index < -0.39 is 11.8 Å². The summed E-state index contributed by atoms with van der Waals surface area (Å²) < 4.78 is 0. The highest BCUT2D eigenvalue weighted by Gasteiger charge is 2.14. The summed E-state index contributed by atoms with van der Waals surface area (Å²) in [6.45, 7) is 1.24. The molecular weight excluding hydrogens is 194 g/mol. The number of carboxylic acids is 1. The van der Waals surface area contributed by atoms with Crippen LogP contribution in [0.25, 0.3) is 0 Å². The fourth-order valence-electron chi connectivity index (χ4n) is 0.876. The molecule has 0 spiro atoms. The van der Waals surface area contributed by atoms with Gasteiger partial charge in [0, 0.05) is 6.92 Å². The quantitative estimate of drug-likeness (QED) is 0.581. The number of pyridine rings is 1. The first-order valence-electron chi connectivity index (χ1n) is 3.43. The normalized spacial score (nSPS) is 9.69. The Labute approximate surface area is 79.2 Å². The van der Waals surface area contributed by atoms with Gasteiger partial charge in [-0.1, -0.05) is 11.6 Å². The minimum absolute atomic E-state index is 0.107. The third-order valence-corrected chi connectivity index (χ3v) is 1.64. The molecule has 1 heterocycles. The predicted molar refractivity (Wildman–Crippen MR) is 46.2 cm³/mol. The van der Waals surface area contributed by atoms with Crippen LogP contribution in [0.1, 0.15) is 27.8 Å². The first-order valence-corrected chi connectivity index (χ1v) is 3.81. The maximum Gasteiger partial charge on any atom is 0.338 e. The molecule has 1 rings (SSSR count). The summed E-state index contributed by atoms with van der Waals surface area (Å²) in [6.07, 6.45) is 0. The van der Waals surface area contributed by atoms with Gasteiger partial charge in [0.15, 0.2) is 5.78 Å². The van der Waals surface area contributed by atoms with Crippen LogP contribution >= 0.6 is 11.6 Å². The molecule has 0 saturated heterocycles. The van der Waals surface area contributed by atoms with Gasteiger partial charge in [0.2, 0.25) is 0 Å². The van der Waals surface area contributed by atoms with Crippen molar-refractivity contribution in [1.82, 2.24) is 4.98 Å². The van der Waals surface area contributed by atoms with Gasteiger partial charge in [-0.25, -0.2) is 9.78 Å². The van der Waals surface area contributed by atoms with Crippen molar-refractivity contribution in [2.24, 2.45) is 0 Å². The van der Waals surface area contributed by atoms with Crippen LogP contribution in [0.2, 0.25) is 5.15 Å². The maximum absolute atomic E-state index is 10.9. The molecule has 0 aromatic carbocycles. The van der Waals surface area contributed by atoms with Crippen LogP contribution in [0.3, 0.4) is 0 Å². The minimum atomic E-state index is -1.19. The average Bonchev–Trinajstić information content (AvgIpc) is 2.03. The number of ketones is 1. The SMILES string of the molecule is CC(=O)c1nc(Cl)ccc1C(=O)O. The predicted octanol–water partition coefficient (Wildman–Crippen LogP) is 1.64. The molecule has 1 aromatic rings. The van der Waals surface area contributed by atoms with Crippen molar-refractivity contribution >= 4 is 23.4 Å². The van der Waals surface area contributed by atoms with Gasteiger partial charge in [-0.2, -0.15) is 0 Å². The Morgan fingerprint density at radius 1 is 1.46 bits per heavy atom. The van der Waals surface area contributed by atoms with Crippen molar-refractivity contribution in [3.8, 4) is 0 Å². The summed E-state index contributed by atoms with van der Waals surface area (Å²) in [6, 6.07) is 2.59. The zero-order chi connectivity index (χ0) is 10.0. The lowest BCUT2D eigenvalue weighted by Crippen LogP contribution is -2.08. The second kappa shape index (κ2) is 3.53. The second-order valence-electron chi connectivity index (χ2n) is 2.39. The van der Waals surface area contributed by atoms with E-state index in [0.717, 1.165) is 0 Å². The van der Waals surface area contributed by atoms with E-state index >= 15 is 0 Å². The van der Waals surface area contributed by atoms with Crippen LogP contribution in [0, 0.1) is 0 Å². The van der Waals surface area contributed by atoms with Gasteiger partial charge in [0.25, 0.3) is 0 Å². The van der Waals surface area contributed by atoms with E-state index in [9.17, 15) is 9.59 Å². The third-order valence-electron chi connectivity index (χ3n) is 1.43. The smallest absolute Gasteiger partial charge is 0.338 e. The fourth-order valence-corrected chi connectivity index (χ4v) is 1.02. The van der Waals surface area contributed by atoms with Crippen molar-refractivity contribution in [1.29, 1.82) is 0 Å². The molecule has 4 nitrogen and oxygen atoms in total. The molecule has 0 saturated carbocycles. The first kappa shape index (κ1) is 9.67. The molecule has 1 aromatic heterocycles.